The minimum atomic E-state index is -1.04. The summed E-state index contributed by atoms with van der Waals surface area (Å²) in [7, 11) is 1.70. The number of benzene rings is 1. The van der Waals surface area contributed by atoms with Crippen molar-refractivity contribution in [1.82, 2.24) is 4.57 Å². The lowest BCUT2D eigenvalue weighted by Crippen LogP contribution is -2.10. The van der Waals surface area contributed by atoms with Crippen LogP contribution < -0.4 is 4.74 Å². The summed E-state index contributed by atoms with van der Waals surface area (Å²) < 4.78 is 25.8. The second-order valence-corrected chi connectivity index (χ2v) is 6.06. The number of hydrogen-bond acceptors (Lipinski definition) is 4. The Bertz CT molecular complexity index is 949. The first-order chi connectivity index (χ1) is 13.0. The molecule has 0 aliphatic heterocycles. The van der Waals surface area contributed by atoms with Crippen LogP contribution in [0.15, 0.2) is 54.4 Å². The van der Waals surface area contributed by atoms with Gasteiger partial charge < -0.3 is 14.0 Å². The number of nitrogens with zero attached hydrogens (tertiary/aromatic N) is 2. The summed E-state index contributed by atoms with van der Waals surface area (Å²) in [4.78, 5) is 12.3. The van der Waals surface area contributed by atoms with Gasteiger partial charge >= 0.3 is 5.97 Å². The fourth-order valence-corrected chi connectivity index (χ4v) is 2.96. The van der Waals surface area contributed by atoms with Crippen LogP contribution in [0.4, 0.5) is 4.39 Å². The van der Waals surface area contributed by atoms with Crippen LogP contribution in [0.5, 0.6) is 5.75 Å². The maximum Gasteiger partial charge on any atom is 0.355 e. The van der Waals surface area contributed by atoms with Crippen LogP contribution in [0.25, 0.3) is 11.1 Å². The van der Waals surface area contributed by atoms with E-state index in [1.807, 2.05) is 0 Å². The average molecular weight is 366 g/mol. The molecule has 5 nitrogen and oxygen atoms in total. The number of nitriles is 1. The molecule has 1 atom stereocenters. The van der Waals surface area contributed by atoms with Crippen LogP contribution in [0.3, 0.4) is 0 Å². The fraction of sp³-hybridized carbons (Fsp3) is 0.238. The molecular weight excluding hydrogens is 347 g/mol. The molecule has 0 saturated carbocycles. The molecule has 0 bridgehead atoms. The number of esters is 1. The first kappa shape index (κ1) is 18.5. The van der Waals surface area contributed by atoms with E-state index >= 15 is 0 Å². The molecule has 0 saturated heterocycles. The largest absolute Gasteiger partial charge is 0.461 e. The third kappa shape index (κ3) is 3.93. The SMILES string of the molecule is CCOC(=O)c1c(-c2ccc(OC3=CC(F)CC=C3)cc2)c(C#N)cn1C. The summed E-state index contributed by atoms with van der Waals surface area (Å²) in [6.45, 7) is 1.98. The van der Waals surface area contributed by atoms with Crippen LogP contribution in [-0.2, 0) is 11.8 Å². The lowest BCUT2D eigenvalue weighted by atomic mass is 10.0. The van der Waals surface area contributed by atoms with E-state index in [2.05, 4.69) is 6.07 Å². The molecule has 2 aromatic rings. The highest BCUT2D eigenvalue weighted by atomic mass is 19.1. The van der Waals surface area contributed by atoms with E-state index in [9.17, 15) is 14.4 Å². The summed E-state index contributed by atoms with van der Waals surface area (Å²) in [5.74, 6) is 0.505. The van der Waals surface area contributed by atoms with Gasteiger partial charge in [-0.05, 0) is 36.8 Å². The zero-order valence-corrected chi connectivity index (χ0v) is 15.1. The van der Waals surface area contributed by atoms with Crippen LogP contribution in [-0.4, -0.2) is 23.3 Å². The normalized spacial score (nSPS) is 15.8. The Morgan fingerprint density at radius 1 is 1.37 bits per heavy atom. The van der Waals surface area contributed by atoms with Gasteiger partial charge in [0.15, 0.2) is 0 Å². The van der Waals surface area contributed by atoms with Crippen molar-refractivity contribution < 1.29 is 18.7 Å². The zero-order chi connectivity index (χ0) is 19.4. The molecule has 0 N–H and O–H groups in total. The van der Waals surface area contributed by atoms with Crippen molar-refractivity contribution in [2.45, 2.75) is 19.5 Å². The standard InChI is InChI=1S/C21H19FN2O3/c1-3-26-21(25)20-19(15(12-23)13-24(20)2)14-7-9-17(10-8-14)27-18-6-4-5-16(22)11-18/h4,6-11,13,16H,3,5H2,1-2H3. The molecule has 1 unspecified atom stereocenters. The molecule has 1 aliphatic rings. The number of carbonyl (C=O) groups is 1. The van der Waals surface area contributed by atoms with Gasteiger partial charge in [-0.3, -0.25) is 0 Å². The Morgan fingerprint density at radius 2 is 2.11 bits per heavy atom. The predicted molar refractivity (Wildman–Crippen MR) is 98.9 cm³/mol. The minimum absolute atomic E-state index is 0.246. The quantitative estimate of drug-likeness (QED) is 0.740. The van der Waals surface area contributed by atoms with E-state index in [4.69, 9.17) is 9.47 Å². The van der Waals surface area contributed by atoms with Crippen molar-refractivity contribution in [2.24, 2.45) is 7.05 Å². The number of ether oxygens (including phenoxy) is 2. The number of halogens is 1. The summed E-state index contributed by atoms with van der Waals surface area (Å²) >= 11 is 0. The van der Waals surface area contributed by atoms with Crippen molar-refractivity contribution in [3.8, 4) is 22.9 Å². The van der Waals surface area contributed by atoms with Crippen molar-refractivity contribution in [3.63, 3.8) is 0 Å². The van der Waals surface area contributed by atoms with Gasteiger partial charge in [-0.15, -0.1) is 0 Å². The van der Waals surface area contributed by atoms with Gasteiger partial charge in [0.2, 0.25) is 0 Å². The Kier molecular flexibility index (Phi) is 5.41. The zero-order valence-electron chi connectivity index (χ0n) is 15.1. The van der Waals surface area contributed by atoms with Gasteiger partial charge in [0.05, 0.1) is 12.2 Å². The summed E-state index contributed by atoms with van der Waals surface area (Å²) in [6, 6.07) is 9.07. The Hall–Kier alpha value is -3.33. The molecule has 1 aromatic heterocycles. The number of hydrogen-bond donors (Lipinski definition) is 0. The third-order valence-corrected chi connectivity index (χ3v) is 4.14. The van der Waals surface area contributed by atoms with Gasteiger partial charge in [-0.25, -0.2) is 9.18 Å². The molecule has 0 spiro atoms. The molecule has 0 radical (unpaired) electrons. The van der Waals surface area contributed by atoms with E-state index in [-0.39, 0.29) is 6.61 Å². The van der Waals surface area contributed by atoms with Crippen LogP contribution in [0.2, 0.25) is 0 Å². The summed E-state index contributed by atoms with van der Waals surface area (Å²) in [5.41, 5.74) is 1.91. The average Bonchev–Trinajstić information content (AvgIpc) is 2.99. The first-order valence-electron chi connectivity index (χ1n) is 8.60. The number of aromatic nitrogens is 1. The van der Waals surface area contributed by atoms with Crippen LogP contribution in [0.1, 0.15) is 29.4 Å². The maximum atomic E-state index is 13.4. The Morgan fingerprint density at radius 3 is 2.74 bits per heavy atom. The van der Waals surface area contributed by atoms with E-state index in [0.717, 1.165) is 0 Å². The summed E-state index contributed by atoms with van der Waals surface area (Å²) in [6.07, 6.45) is 5.80. The highest BCUT2D eigenvalue weighted by Crippen LogP contribution is 2.31. The van der Waals surface area contributed by atoms with Gasteiger partial charge in [0, 0.05) is 25.2 Å². The van der Waals surface area contributed by atoms with E-state index in [1.54, 1.807) is 61.2 Å². The fourth-order valence-electron chi connectivity index (χ4n) is 2.96. The highest BCUT2D eigenvalue weighted by Gasteiger charge is 2.22. The molecule has 1 heterocycles. The van der Waals surface area contributed by atoms with Gasteiger partial charge in [0.25, 0.3) is 0 Å². The molecule has 1 aromatic carbocycles. The topological polar surface area (TPSA) is 64.2 Å². The second kappa shape index (κ2) is 7.92. The van der Waals surface area contributed by atoms with Crippen molar-refractivity contribution in [3.05, 3.63) is 65.7 Å². The lowest BCUT2D eigenvalue weighted by Gasteiger charge is -2.12. The van der Waals surface area contributed by atoms with Crippen LogP contribution in [0, 0.1) is 11.3 Å². The number of aryl methyl sites for hydroxylation is 1. The number of carbonyl (C=O) groups excluding carboxylic acids is 1. The number of rotatable bonds is 5. The molecule has 0 amide bonds. The van der Waals surface area contributed by atoms with E-state index in [1.165, 1.54) is 6.08 Å². The number of allylic oxidation sites excluding steroid dienone is 3. The van der Waals surface area contributed by atoms with E-state index in [0.29, 0.717) is 40.3 Å². The van der Waals surface area contributed by atoms with Gasteiger partial charge in [-0.1, -0.05) is 18.2 Å². The maximum absolute atomic E-state index is 13.4. The molecular formula is C21H19FN2O3. The molecule has 1 aliphatic carbocycles. The Labute approximate surface area is 156 Å². The smallest absolute Gasteiger partial charge is 0.355 e. The van der Waals surface area contributed by atoms with Crippen molar-refractivity contribution >= 4 is 5.97 Å². The van der Waals surface area contributed by atoms with Crippen molar-refractivity contribution in [2.75, 3.05) is 6.61 Å². The molecule has 138 valence electrons. The first-order valence-corrected chi connectivity index (χ1v) is 8.60. The minimum Gasteiger partial charge on any atom is -0.461 e. The van der Waals surface area contributed by atoms with Gasteiger partial charge in [-0.2, -0.15) is 5.26 Å². The van der Waals surface area contributed by atoms with Gasteiger partial charge in [0.1, 0.15) is 29.4 Å². The van der Waals surface area contributed by atoms with E-state index < -0.39 is 12.1 Å². The highest BCUT2D eigenvalue weighted by molar-refractivity contribution is 5.97. The van der Waals surface area contributed by atoms with Crippen molar-refractivity contribution in [1.29, 1.82) is 5.26 Å². The summed E-state index contributed by atoms with van der Waals surface area (Å²) in [5, 5.41) is 9.43. The monoisotopic (exact) mass is 366 g/mol. The molecule has 0 fully saturated rings. The molecule has 3 rings (SSSR count). The molecule has 27 heavy (non-hydrogen) atoms. The predicted octanol–water partition coefficient (Wildman–Crippen LogP) is 4.30. The lowest BCUT2D eigenvalue weighted by molar-refractivity contribution is 0.0516. The number of alkyl halides is 1. The third-order valence-electron chi connectivity index (χ3n) is 4.14. The Balaban J connectivity index is 1.92. The second-order valence-electron chi connectivity index (χ2n) is 6.06. The molecule has 6 heteroatoms. The van der Waals surface area contributed by atoms with Crippen LogP contribution >= 0.6 is 0 Å².